The van der Waals surface area contributed by atoms with Crippen LogP contribution in [0.1, 0.15) is 21.6 Å². The van der Waals surface area contributed by atoms with Gasteiger partial charge in [0.05, 0.1) is 29.3 Å². The minimum Gasteiger partial charge on any atom is -0.493 e. The topological polar surface area (TPSA) is 51.7 Å². The van der Waals surface area contributed by atoms with E-state index in [2.05, 4.69) is 4.98 Å². The number of halogens is 4. The molecule has 0 saturated carbocycles. The Kier molecular flexibility index (Phi) is 5.72. The van der Waals surface area contributed by atoms with Crippen molar-refractivity contribution in [2.75, 3.05) is 20.8 Å². The maximum atomic E-state index is 12.9. The van der Waals surface area contributed by atoms with Crippen molar-refractivity contribution in [1.29, 1.82) is 0 Å². The van der Waals surface area contributed by atoms with Gasteiger partial charge in [-0.15, -0.1) is 0 Å². The highest BCUT2D eigenvalue weighted by Gasteiger charge is 2.28. The van der Waals surface area contributed by atoms with Crippen LogP contribution in [0, 0.1) is 0 Å². The first-order valence-corrected chi connectivity index (χ1v) is 9.11. The molecule has 0 bridgehead atoms. The highest BCUT2D eigenvalue weighted by molar-refractivity contribution is 6.52. The van der Waals surface area contributed by atoms with Crippen LogP contribution in [-0.4, -0.2) is 36.6 Å². The maximum Gasteiger partial charge on any atom is 0.274 e. The third-order valence-corrected chi connectivity index (χ3v) is 5.87. The molecular formula is C17H14Cl4N2O3. The summed E-state index contributed by atoms with van der Waals surface area (Å²) >= 11 is 24.0. The van der Waals surface area contributed by atoms with Crippen molar-refractivity contribution < 1.29 is 14.3 Å². The molecule has 0 radical (unpaired) electrons. The second-order valence-corrected chi connectivity index (χ2v) is 7.14. The molecule has 3 rings (SSSR count). The number of ether oxygens (including phenoxy) is 2. The fourth-order valence-corrected chi connectivity index (χ4v) is 3.64. The molecule has 138 valence electrons. The molecule has 26 heavy (non-hydrogen) atoms. The predicted molar refractivity (Wildman–Crippen MR) is 102 cm³/mol. The van der Waals surface area contributed by atoms with Gasteiger partial charge in [0.1, 0.15) is 10.8 Å². The van der Waals surface area contributed by atoms with Crippen molar-refractivity contribution in [3.8, 4) is 11.5 Å². The molecule has 0 spiro atoms. The lowest BCUT2D eigenvalue weighted by Crippen LogP contribution is -2.36. The van der Waals surface area contributed by atoms with Gasteiger partial charge in [-0.2, -0.15) is 0 Å². The minimum atomic E-state index is -0.365. The summed E-state index contributed by atoms with van der Waals surface area (Å²) in [5, 5.41) is -0.0337. The minimum absolute atomic E-state index is 0.0100. The van der Waals surface area contributed by atoms with E-state index < -0.39 is 0 Å². The molecule has 0 aliphatic carbocycles. The molecule has 0 unspecified atom stereocenters. The third-order valence-electron chi connectivity index (χ3n) is 4.19. The SMILES string of the molecule is COc1cc2c(cc1OC)CN(C(=O)c1nc(Cl)c(Cl)c(Cl)c1Cl)CC2. The number of carbonyl (C=O) groups excluding carboxylic acids is 1. The normalized spacial score (nSPS) is 13.4. The van der Waals surface area contributed by atoms with E-state index in [1.807, 2.05) is 12.1 Å². The Bertz CT molecular complexity index is 889. The van der Waals surface area contributed by atoms with Crippen LogP contribution in [0.15, 0.2) is 12.1 Å². The van der Waals surface area contributed by atoms with E-state index in [-0.39, 0.29) is 31.8 Å². The molecule has 1 aromatic carbocycles. The van der Waals surface area contributed by atoms with Crippen LogP contribution in [0.25, 0.3) is 0 Å². The van der Waals surface area contributed by atoms with Gasteiger partial charge in [0.2, 0.25) is 0 Å². The number of fused-ring (bicyclic) bond motifs is 1. The number of methoxy groups -OCH3 is 2. The molecule has 1 aliphatic rings. The Morgan fingerprint density at radius 2 is 1.62 bits per heavy atom. The van der Waals surface area contributed by atoms with Gasteiger partial charge in [-0.3, -0.25) is 4.79 Å². The summed E-state index contributed by atoms with van der Waals surface area (Å²) < 4.78 is 10.7. The Labute approximate surface area is 170 Å². The number of nitrogens with zero attached hydrogens (tertiary/aromatic N) is 2. The van der Waals surface area contributed by atoms with E-state index in [0.717, 1.165) is 11.1 Å². The first-order chi connectivity index (χ1) is 12.4. The molecule has 1 aromatic heterocycles. The average molecular weight is 436 g/mol. The van der Waals surface area contributed by atoms with Crippen molar-refractivity contribution in [2.45, 2.75) is 13.0 Å². The Hall–Kier alpha value is -1.40. The van der Waals surface area contributed by atoms with Crippen molar-refractivity contribution in [2.24, 2.45) is 0 Å². The van der Waals surface area contributed by atoms with Crippen LogP contribution >= 0.6 is 46.4 Å². The highest BCUT2D eigenvalue weighted by Crippen LogP contribution is 2.37. The van der Waals surface area contributed by atoms with E-state index in [0.29, 0.717) is 31.0 Å². The summed E-state index contributed by atoms with van der Waals surface area (Å²) in [5.74, 6) is 0.900. The number of carbonyl (C=O) groups is 1. The van der Waals surface area contributed by atoms with Crippen molar-refractivity contribution in [1.82, 2.24) is 9.88 Å². The molecule has 0 saturated heterocycles. The molecule has 0 atom stereocenters. The molecule has 2 heterocycles. The van der Waals surface area contributed by atoms with E-state index in [1.165, 1.54) is 0 Å². The van der Waals surface area contributed by atoms with Gasteiger partial charge in [-0.1, -0.05) is 46.4 Å². The average Bonchev–Trinajstić information content (AvgIpc) is 2.66. The standard InChI is InChI=1S/C17H14Cl4N2O3/c1-25-10-5-8-3-4-23(7-9(8)6-11(10)26-2)17(24)15-13(19)12(18)14(20)16(21)22-15/h5-6H,3-4,7H2,1-2H3. The van der Waals surface area contributed by atoms with Gasteiger partial charge in [-0.25, -0.2) is 4.98 Å². The maximum absolute atomic E-state index is 12.9. The second kappa shape index (κ2) is 7.69. The summed E-state index contributed by atoms with van der Waals surface area (Å²) in [5.41, 5.74) is 2.04. The van der Waals surface area contributed by atoms with Crippen LogP contribution in [0.3, 0.4) is 0 Å². The summed E-state index contributed by atoms with van der Waals surface area (Å²) in [4.78, 5) is 18.5. The first-order valence-electron chi connectivity index (χ1n) is 7.60. The lowest BCUT2D eigenvalue weighted by atomic mass is 9.98. The summed E-state index contributed by atoms with van der Waals surface area (Å²) in [6.45, 7) is 0.877. The number of rotatable bonds is 3. The number of aromatic nitrogens is 1. The zero-order valence-electron chi connectivity index (χ0n) is 13.9. The fourth-order valence-electron chi connectivity index (χ4n) is 2.84. The van der Waals surface area contributed by atoms with Crippen LogP contribution in [0.4, 0.5) is 0 Å². The smallest absolute Gasteiger partial charge is 0.274 e. The summed E-state index contributed by atoms with van der Waals surface area (Å²) in [6, 6.07) is 3.79. The number of pyridine rings is 1. The van der Waals surface area contributed by atoms with Gasteiger partial charge in [0.15, 0.2) is 11.5 Å². The first kappa shape index (κ1) is 19.4. The van der Waals surface area contributed by atoms with Crippen LogP contribution < -0.4 is 9.47 Å². The lowest BCUT2D eigenvalue weighted by molar-refractivity contribution is 0.0728. The summed E-state index contributed by atoms with van der Waals surface area (Å²) in [7, 11) is 3.15. The van der Waals surface area contributed by atoms with Crippen LogP contribution in [0.5, 0.6) is 11.5 Å². The lowest BCUT2D eigenvalue weighted by Gasteiger charge is -2.29. The van der Waals surface area contributed by atoms with Gasteiger partial charge < -0.3 is 14.4 Å². The number of hydrogen-bond acceptors (Lipinski definition) is 4. The van der Waals surface area contributed by atoms with E-state index >= 15 is 0 Å². The molecular weight excluding hydrogens is 422 g/mol. The highest BCUT2D eigenvalue weighted by atomic mass is 35.5. The Morgan fingerprint density at radius 1 is 1.00 bits per heavy atom. The quantitative estimate of drug-likeness (QED) is 0.642. The van der Waals surface area contributed by atoms with E-state index in [1.54, 1.807) is 19.1 Å². The van der Waals surface area contributed by atoms with E-state index in [9.17, 15) is 4.79 Å². The van der Waals surface area contributed by atoms with Gasteiger partial charge in [0, 0.05) is 13.1 Å². The molecule has 5 nitrogen and oxygen atoms in total. The zero-order valence-corrected chi connectivity index (χ0v) is 16.9. The zero-order chi connectivity index (χ0) is 19.0. The molecule has 0 N–H and O–H groups in total. The van der Waals surface area contributed by atoms with Crippen molar-refractivity contribution in [3.05, 3.63) is 49.2 Å². The van der Waals surface area contributed by atoms with Gasteiger partial charge in [0.25, 0.3) is 5.91 Å². The Balaban J connectivity index is 1.93. The molecule has 2 aromatic rings. The fraction of sp³-hybridized carbons (Fsp3) is 0.294. The largest absolute Gasteiger partial charge is 0.493 e. The second-order valence-electron chi connectivity index (χ2n) is 5.65. The number of amides is 1. The number of hydrogen-bond donors (Lipinski definition) is 0. The van der Waals surface area contributed by atoms with Crippen LogP contribution in [0.2, 0.25) is 20.2 Å². The van der Waals surface area contributed by atoms with Gasteiger partial charge >= 0.3 is 0 Å². The van der Waals surface area contributed by atoms with Crippen LogP contribution in [-0.2, 0) is 13.0 Å². The van der Waals surface area contributed by atoms with Crippen molar-refractivity contribution >= 4 is 52.3 Å². The predicted octanol–water partition coefficient (Wildman–Crippen LogP) is 4.91. The Morgan fingerprint density at radius 3 is 2.23 bits per heavy atom. The molecule has 1 aliphatic heterocycles. The molecule has 1 amide bonds. The van der Waals surface area contributed by atoms with E-state index in [4.69, 9.17) is 55.9 Å². The van der Waals surface area contributed by atoms with Crippen molar-refractivity contribution in [3.63, 3.8) is 0 Å². The molecule has 9 heteroatoms. The monoisotopic (exact) mass is 434 g/mol. The van der Waals surface area contributed by atoms with Gasteiger partial charge in [-0.05, 0) is 29.7 Å². The summed E-state index contributed by atoms with van der Waals surface area (Å²) in [6.07, 6.45) is 0.661. The third kappa shape index (κ3) is 3.41. The number of benzene rings is 1. The molecule has 0 fully saturated rings.